The number of rotatable bonds is 5. The molecule has 1 aromatic carbocycles. The summed E-state index contributed by atoms with van der Waals surface area (Å²) in [5.74, 6) is -0.963. The molecule has 7 heteroatoms. The molecule has 2 unspecified atom stereocenters. The van der Waals surface area contributed by atoms with Gasteiger partial charge >= 0.3 is 0 Å². The molecule has 0 N–H and O–H groups in total. The zero-order valence-electron chi connectivity index (χ0n) is 12.2. The van der Waals surface area contributed by atoms with Gasteiger partial charge in [0, 0.05) is 16.8 Å². The molecule has 1 aromatic heterocycles. The maximum Gasteiger partial charge on any atom is 0.217 e. The molecule has 2 aromatic rings. The molecule has 118 valence electrons. The quantitative estimate of drug-likeness (QED) is 0.832. The van der Waals surface area contributed by atoms with Crippen LogP contribution in [-0.2, 0) is 21.8 Å². The first kappa shape index (κ1) is 15.7. The van der Waals surface area contributed by atoms with Gasteiger partial charge in [0.25, 0.3) is 0 Å². The maximum absolute atomic E-state index is 6.37. The lowest BCUT2D eigenvalue weighted by Gasteiger charge is -2.29. The molecule has 0 saturated carbocycles. The van der Waals surface area contributed by atoms with Crippen LogP contribution in [0.2, 0.25) is 10.0 Å². The van der Waals surface area contributed by atoms with E-state index >= 15 is 0 Å². The standard InChI is InChI=1S/C15H17Cl2N3O2/c1-2-3-12-9-21-15(22-12,10-20-7-6-18-19-20)13-5-4-11(16)8-14(13)17/h4-8,12H,2-3,9-10H2,1H3. The fraction of sp³-hybridized carbons (Fsp3) is 0.467. The van der Waals surface area contributed by atoms with E-state index in [0.717, 1.165) is 18.4 Å². The normalized spacial score (nSPS) is 24.8. The molecule has 0 aliphatic carbocycles. The minimum absolute atomic E-state index is 0.0419. The SMILES string of the molecule is CCCC1COC(Cn2ccnn2)(c2ccc(Cl)cc2Cl)O1. The molecule has 5 nitrogen and oxygen atoms in total. The van der Waals surface area contributed by atoms with Crippen molar-refractivity contribution in [3.63, 3.8) is 0 Å². The monoisotopic (exact) mass is 341 g/mol. The molecule has 0 spiro atoms. The first-order valence-corrected chi connectivity index (χ1v) is 8.00. The molecule has 1 saturated heterocycles. The van der Waals surface area contributed by atoms with Crippen LogP contribution in [0.25, 0.3) is 0 Å². The number of hydrogen-bond acceptors (Lipinski definition) is 4. The zero-order chi connectivity index (χ0) is 15.6. The first-order valence-electron chi connectivity index (χ1n) is 7.24. The van der Waals surface area contributed by atoms with Gasteiger partial charge < -0.3 is 9.47 Å². The molecular formula is C15H17Cl2N3O2. The summed E-state index contributed by atoms with van der Waals surface area (Å²) in [5, 5.41) is 8.93. The lowest BCUT2D eigenvalue weighted by Crippen LogP contribution is -2.34. The van der Waals surface area contributed by atoms with Crippen LogP contribution in [0.1, 0.15) is 25.3 Å². The number of halogens is 2. The summed E-state index contributed by atoms with van der Waals surface area (Å²) in [5.41, 5.74) is 0.757. The lowest BCUT2D eigenvalue weighted by molar-refractivity contribution is -0.189. The smallest absolute Gasteiger partial charge is 0.217 e. The number of ether oxygens (including phenoxy) is 2. The molecule has 1 fully saturated rings. The Kier molecular flexibility index (Phi) is 4.68. The second kappa shape index (κ2) is 6.54. The molecule has 2 atom stereocenters. The van der Waals surface area contributed by atoms with Crippen LogP contribution in [0, 0.1) is 0 Å². The summed E-state index contributed by atoms with van der Waals surface area (Å²) in [7, 11) is 0. The number of aromatic nitrogens is 3. The molecule has 22 heavy (non-hydrogen) atoms. The van der Waals surface area contributed by atoms with Gasteiger partial charge in [-0.05, 0) is 18.6 Å². The van der Waals surface area contributed by atoms with Crippen LogP contribution in [0.3, 0.4) is 0 Å². The van der Waals surface area contributed by atoms with Gasteiger partial charge in [-0.1, -0.05) is 47.8 Å². The maximum atomic E-state index is 6.37. The van der Waals surface area contributed by atoms with E-state index in [1.165, 1.54) is 0 Å². The highest BCUT2D eigenvalue weighted by Crippen LogP contribution is 2.41. The summed E-state index contributed by atoms with van der Waals surface area (Å²) in [6.45, 7) is 3.03. The fourth-order valence-corrected chi connectivity index (χ4v) is 3.22. The zero-order valence-corrected chi connectivity index (χ0v) is 13.7. The van der Waals surface area contributed by atoms with Gasteiger partial charge in [-0.15, -0.1) is 5.10 Å². The molecule has 1 aliphatic rings. The van der Waals surface area contributed by atoms with E-state index in [9.17, 15) is 0 Å². The van der Waals surface area contributed by atoms with Crippen LogP contribution in [0.4, 0.5) is 0 Å². The predicted molar refractivity (Wildman–Crippen MR) is 83.9 cm³/mol. The van der Waals surface area contributed by atoms with E-state index in [1.807, 2.05) is 6.07 Å². The average molecular weight is 342 g/mol. The largest absolute Gasteiger partial charge is 0.342 e. The van der Waals surface area contributed by atoms with Gasteiger partial charge in [-0.25, -0.2) is 4.68 Å². The summed E-state index contributed by atoms with van der Waals surface area (Å²) < 4.78 is 14.0. The van der Waals surface area contributed by atoms with E-state index in [2.05, 4.69) is 17.2 Å². The molecule has 0 radical (unpaired) electrons. The topological polar surface area (TPSA) is 49.2 Å². The summed E-state index contributed by atoms with van der Waals surface area (Å²) in [6, 6.07) is 5.32. The third-order valence-electron chi connectivity index (χ3n) is 3.65. The predicted octanol–water partition coefficient (Wildman–Crippen LogP) is 3.65. The van der Waals surface area contributed by atoms with Gasteiger partial charge in [0.05, 0.1) is 23.9 Å². The van der Waals surface area contributed by atoms with Crippen LogP contribution < -0.4 is 0 Å². The van der Waals surface area contributed by atoms with Crippen molar-refractivity contribution < 1.29 is 9.47 Å². The van der Waals surface area contributed by atoms with Gasteiger partial charge in [-0.3, -0.25) is 0 Å². The van der Waals surface area contributed by atoms with E-state index in [4.69, 9.17) is 32.7 Å². The highest BCUT2D eigenvalue weighted by Gasteiger charge is 2.45. The Labute approximate surface area is 139 Å². The molecule has 3 rings (SSSR count). The third-order valence-corrected chi connectivity index (χ3v) is 4.20. The van der Waals surface area contributed by atoms with E-state index in [0.29, 0.717) is 23.2 Å². The molecule has 0 bridgehead atoms. The Morgan fingerprint density at radius 3 is 2.95 bits per heavy atom. The molecule has 1 aliphatic heterocycles. The van der Waals surface area contributed by atoms with Gasteiger partial charge in [0.2, 0.25) is 5.79 Å². The third kappa shape index (κ3) is 3.13. The van der Waals surface area contributed by atoms with Crippen molar-refractivity contribution in [1.82, 2.24) is 15.0 Å². The first-order chi connectivity index (χ1) is 10.6. The molecular weight excluding hydrogens is 325 g/mol. The Morgan fingerprint density at radius 2 is 2.27 bits per heavy atom. The minimum Gasteiger partial charge on any atom is -0.342 e. The highest BCUT2D eigenvalue weighted by atomic mass is 35.5. The number of benzene rings is 1. The Bertz CT molecular complexity index is 636. The Balaban J connectivity index is 1.96. The minimum atomic E-state index is -0.963. The Hall–Kier alpha value is -1.14. The fourth-order valence-electron chi connectivity index (χ4n) is 2.67. The number of hydrogen-bond donors (Lipinski definition) is 0. The van der Waals surface area contributed by atoms with E-state index in [1.54, 1.807) is 29.2 Å². The second-order valence-corrected chi connectivity index (χ2v) is 6.16. The Morgan fingerprint density at radius 1 is 1.41 bits per heavy atom. The number of nitrogens with zero attached hydrogens (tertiary/aromatic N) is 3. The summed E-state index contributed by atoms with van der Waals surface area (Å²) in [4.78, 5) is 0. The van der Waals surface area contributed by atoms with Gasteiger partial charge in [0.1, 0.15) is 6.54 Å². The van der Waals surface area contributed by atoms with Gasteiger partial charge in [-0.2, -0.15) is 0 Å². The van der Waals surface area contributed by atoms with E-state index in [-0.39, 0.29) is 6.10 Å². The van der Waals surface area contributed by atoms with E-state index < -0.39 is 5.79 Å². The van der Waals surface area contributed by atoms with Gasteiger partial charge in [0.15, 0.2) is 0 Å². The van der Waals surface area contributed by atoms with Crippen molar-refractivity contribution >= 4 is 23.2 Å². The second-order valence-electron chi connectivity index (χ2n) is 5.32. The van der Waals surface area contributed by atoms with Crippen LogP contribution in [-0.4, -0.2) is 27.7 Å². The van der Waals surface area contributed by atoms with Crippen molar-refractivity contribution in [3.05, 3.63) is 46.2 Å². The average Bonchev–Trinajstić information content (AvgIpc) is 3.10. The highest BCUT2D eigenvalue weighted by molar-refractivity contribution is 6.35. The van der Waals surface area contributed by atoms with Crippen LogP contribution in [0.5, 0.6) is 0 Å². The van der Waals surface area contributed by atoms with Crippen LogP contribution in [0.15, 0.2) is 30.6 Å². The van der Waals surface area contributed by atoms with Crippen molar-refractivity contribution in [2.75, 3.05) is 6.61 Å². The summed E-state index contributed by atoms with van der Waals surface area (Å²) >= 11 is 12.4. The van der Waals surface area contributed by atoms with Crippen molar-refractivity contribution in [3.8, 4) is 0 Å². The molecule has 0 amide bonds. The van der Waals surface area contributed by atoms with Crippen molar-refractivity contribution in [2.24, 2.45) is 0 Å². The van der Waals surface area contributed by atoms with Crippen LogP contribution >= 0.6 is 23.2 Å². The van der Waals surface area contributed by atoms with Crippen molar-refractivity contribution in [2.45, 2.75) is 38.2 Å². The molecule has 2 heterocycles. The van der Waals surface area contributed by atoms with Crippen molar-refractivity contribution in [1.29, 1.82) is 0 Å². The summed E-state index contributed by atoms with van der Waals surface area (Å²) in [6.07, 6.45) is 5.40. The lowest BCUT2D eigenvalue weighted by atomic mass is 10.1.